The van der Waals surface area contributed by atoms with E-state index in [4.69, 9.17) is 4.52 Å². The Labute approximate surface area is 165 Å². The third-order valence-corrected chi connectivity index (χ3v) is 6.60. The summed E-state index contributed by atoms with van der Waals surface area (Å²) in [5.74, 6) is 1.04. The molecule has 1 aliphatic carbocycles. The lowest BCUT2D eigenvalue weighted by atomic mass is 10.0. The van der Waals surface area contributed by atoms with Crippen molar-refractivity contribution in [3.8, 4) is 0 Å². The zero-order chi connectivity index (χ0) is 20.6. The molecule has 1 fully saturated rings. The summed E-state index contributed by atoms with van der Waals surface area (Å²) in [5, 5.41) is 6.93. The predicted octanol–water partition coefficient (Wildman–Crippen LogP) is 2.60. The Bertz CT molecular complexity index is 993. The number of nitrogens with zero attached hydrogens (tertiary/aromatic N) is 2. The SMILES string of the molecule is CNS(=O)(=O)c1cc(C(=O)NC(c2nc(C3CC3)no2)C(C)C)cc(C)c1C. The summed E-state index contributed by atoms with van der Waals surface area (Å²) >= 11 is 0. The van der Waals surface area contributed by atoms with Crippen molar-refractivity contribution in [2.75, 3.05) is 7.05 Å². The molecule has 0 spiro atoms. The number of rotatable bonds is 7. The molecule has 9 heteroatoms. The molecule has 0 bridgehead atoms. The van der Waals surface area contributed by atoms with Gasteiger partial charge in [0, 0.05) is 11.5 Å². The van der Waals surface area contributed by atoms with Gasteiger partial charge < -0.3 is 9.84 Å². The molecule has 1 amide bonds. The molecule has 1 aromatic carbocycles. The molecule has 1 atom stereocenters. The van der Waals surface area contributed by atoms with Crippen LogP contribution in [0.15, 0.2) is 21.6 Å². The minimum atomic E-state index is -3.67. The second-order valence-electron chi connectivity index (χ2n) is 7.58. The molecule has 8 nitrogen and oxygen atoms in total. The van der Waals surface area contributed by atoms with E-state index in [1.807, 2.05) is 13.8 Å². The summed E-state index contributed by atoms with van der Waals surface area (Å²) in [6.07, 6.45) is 2.12. The molecule has 3 rings (SSSR count). The van der Waals surface area contributed by atoms with Crippen molar-refractivity contribution in [3.05, 3.63) is 40.5 Å². The maximum absolute atomic E-state index is 12.9. The van der Waals surface area contributed by atoms with E-state index in [1.54, 1.807) is 19.9 Å². The first kappa shape index (κ1) is 20.5. The Hall–Kier alpha value is -2.26. The molecule has 0 saturated heterocycles. The Morgan fingerprint density at radius 1 is 1.25 bits per heavy atom. The van der Waals surface area contributed by atoms with Crippen molar-refractivity contribution >= 4 is 15.9 Å². The molecular weight excluding hydrogens is 380 g/mol. The standard InChI is InChI=1S/C19H26N4O4S/c1-10(2)16(19-22-17(23-27-19)13-6-7-13)21-18(24)14-8-11(3)12(4)15(9-14)28(25,26)20-5/h8-10,13,16,20H,6-7H2,1-5H3,(H,21,24). The van der Waals surface area contributed by atoms with Crippen LogP contribution in [-0.2, 0) is 10.0 Å². The summed E-state index contributed by atoms with van der Waals surface area (Å²) in [4.78, 5) is 17.4. The predicted molar refractivity (Wildman–Crippen MR) is 103 cm³/mol. The lowest BCUT2D eigenvalue weighted by Crippen LogP contribution is -2.32. The van der Waals surface area contributed by atoms with Crippen LogP contribution in [0.2, 0.25) is 0 Å². The Balaban J connectivity index is 1.89. The first-order chi connectivity index (χ1) is 13.1. The van der Waals surface area contributed by atoms with Crippen LogP contribution in [0.25, 0.3) is 0 Å². The topological polar surface area (TPSA) is 114 Å². The molecule has 28 heavy (non-hydrogen) atoms. The van der Waals surface area contributed by atoms with Crippen LogP contribution in [0.3, 0.4) is 0 Å². The fourth-order valence-corrected chi connectivity index (χ4v) is 4.03. The monoisotopic (exact) mass is 406 g/mol. The fraction of sp³-hybridized carbons (Fsp3) is 0.526. The summed E-state index contributed by atoms with van der Waals surface area (Å²) < 4.78 is 32.3. The molecular formula is C19H26N4O4S. The van der Waals surface area contributed by atoms with E-state index in [0.717, 1.165) is 18.4 Å². The zero-order valence-corrected chi connectivity index (χ0v) is 17.6. The number of carbonyl (C=O) groups excluding carboxylic acids is 1. The normalized spacial score (nSPS) is 15.6. The van der Waals surface area contributed by atoms with Gasteiger partial charge >= 0.3 is 0 Å². The third kappa shape index (κ3) is 4.10. The minimum absolute atomic E-state index is 0.0171. The van der Waals surface area contributed by atoms with Gasteiger partial charge in [-0.25, -0.2) is 13.1 Å². The number of hydrogen-bond donors (Lipinski definition) is 2. The smallest absolute Gasteiger partial charge is 0.251 e. The number of aromatic nitrogens is 2. The van der Waals surface area contributed by atoms with Crippen LogP contribution in [0, 0.1) is 19.8 Å². The van der Waals surface area contributed by atoms with Crippen molar-refractivity contribution in [3.63, 3.8) is 0 Å². The summed E-state index contributed by atoms with van der Waals surface area (Å²) in [6.45, 7) is 7.39. The van der Waals surface area contributed by atoms with Gasteiger partial charge in [0.05, 0.1) is 4.90 Å². The number of benzene rings is 1. The van der Waals surface area contributed by atoms with Crippen LogP contribution < -0.4 is 10.0 Å². The van der Waals surface area contributed by atoms with Gasteiger partial charge in [-0.15, -0.1) is 0 Å². The molecule has 1 unspecified atom stereocenters. The molecule has 0 radical (unpaired) electrons. The Morgan fingerprint density at radius 2 is 1.93 bits per heavy atom. The molecule has 1 saturated carbocycles. The van der Waals surface area contributed by atoms with Crippen molar-refractivity contribution < 1.29 is 17.7 Å². The Morgan fingerprint density at radius 3 is 2.50 bits per heavy atom. The number of sulfonamides is 1. The second-order valence-corrected chi connectivity index (χ2v) is 9.44. The molecule has 0 aliphatic heterocycles. The van der Waals surface area contributed by atoms with Crippen molar-refractivity contribution in [1.82, 2.24) is 20.2 Å². The number of carbonyl (C=O) groups is 1. The first-order valence-corrected chi connectivity index (χ1v) is 10.8. The van der Waals surface area contributed by atoms with Crippen LogP contribution in [0.1, 0.15) is 71.8 Å². The molecule has 152 valence electrons. The van der Waals surface area contributed by atoms with Gasteiger partial charge in [-0.05, 0) is 62.9 Å². The number of nitrogens with one attached hydrogen (secondary N) is 2. The van der Waals surface area contributed by atoms with Gasteiger partial charge in [0.15, 0.2) is 5.82 Å². The molecule has 2 aromatic rings. The van der Waals surface area contributed by atoms with Crippen LogP contribution >= 0.6 is 0 Å². The summed E-state index contributed by atoms with van der Waals surface area (Å²) in [5.41, 5.74) is 1.60. The lowest BCUT2D eigenvalue weighted by Gasteiger charge is -2.19. The van der Waals surface area contributed by atoms with E-state index in [2.05, 4.69) is 20.2 Å². The van der Waals surface area contributed by atoms with Gasteiger partial charge in [-0.3, -0.25) is 4.79 Å². The average molecular weight is 407 g/mol. The fourth-order valence-electron chi connectivity index (χ4n) is 2.97. The Kier molecular flexibility index (Phi) is 5.58. The lowest BCUT2D eigenvalue weighted by molar-refractivity contribution is 0.0913. The van der Waals surface area contributed by atoms with Crippen molar-refractivity contribution in [2.45, 2.75) is 57.4 Å². The average Bonchev–Trinajstić information content (AvgIpc) is 3.38. The second kappa shape index (κ2) is 7.63. The third-order valence-electron chi connectivity index (χ3n) is 5.06. The first-order valence-electron chi connectivity index (χ1n) is 9.33. The maximum Gasteiger partial charge on any atom is 0.251 e. The highest BCUT2D eigenvalue weighted by molar-refractivity contribution is 7.89. The summed E-state index contributed by atoms with van der Waals surface area (Å²) in [6, 6.07) is 2.61. The van der Waals surface area contributed by atoms with Crippen molar-refractivity contribution in [2.24, 2.45) is 5.92 Å². The minimum Gasteiger partial charge on any atom is -0.340 e. The maximum atomic E-state index is 12.9. The highest BCUT2D eigenvalue weighted by atomic mass is 32.2. The van der Waals surface area contributed by atoms with E-state index in [0.29, 0.717) is 23.2 Å². The summed E-state index contributed by atoms with van der Waals surface area (Å²) in [7, 11) is -2.33. The highest BCUT2D eigenvalue weighted by Crippen LogP contribution is 2.38. The quantitative estimate of drug-likeness (QED) is 0.730. The van der Waals surface area contributed by atoms with E-state index in [-0.39, 0.29) is 22.3 Å². The van der Waals surface area contributed by atoms with Gasteiger partial charge in [-0.2, -0.15) is 4.98 Å². The van der Waals surface area contributed by atoms with E-state index in [1.165, 1.54) is 13.1 Å². The van der Waals surface area contributed by atoms with Crippen LogP contribution in [0.4, 0.5) is 0 Å². The van der Waals surface area contributed by atoms with E-state index < -0.39 is 16.1 Å². The number of aryl methyl sites for hydroxylation is 1. The number of amides is 1. The van der Waals surface area contributed by atoms with Crippen molar-refractivity contribution in [1.29, 1.82) is 0 Å². The van der Waals surface area contributed by atoms with Gasteiger partial charge in [0.2, 0.25) is 15.9 Å². The van der Waals surface area contributed by atoms with Crippen LogP contribution in [-0.4, -0.2) is 31.5 Å². The van der Waals surface area contributed by atoms with Gasteiger partial charge in [-0.1, -0.05) is 19.0 Å². The highest BCUT2D eigenvalue weighted by Gasteiger charge is 2.32. The molecule has 1 heterocycles. The van der Waals surface area contributed by atoms with E-state index >= 15 is 0 Å². The zero-order valence-electron chi connectivity index (χ0n) is 16.7. The van der Waals surface area contributed by atoms with Gasteiger partial charge in [0.25, 0.3) is 5.91 Å². The van der Waals surface area contributed by atoms with Crippen LogP contribution in [0.5, 0.6) is 0 Å². The van der Waals surface area contributed by atoms with E-state index in [9.17, 15) is 13.2 Å². The largest absolute Gasteiger partial charge is 0.340 e. The molecule has 1 aromatic heterocycles. The molecule has 2 N–H and O–H groups in total. The molecule has 1 aliphatic rings. The number of hydrogen-bond acceptors (Lipinski definition) is 6. The van der Waals surface area contributed by atoms with Gasteiger partial charge in [0.1, 0.15) is 6.04 Å².